The highest BCUT2D eigenvalue weighted by Crippen LogP contribution is 2.30. The van der Waals surface area contributed by atoms with E-state index in [1.165, 1.54) is 11.6 Å². The largest absolute Gasteiger partial charge is 0.416 e. The van der Waals surface area contributed by atoms with Crippen LogP contribution in [0.25, 0.3) is 0 Å². The third-order valence-corrected chi connectivity index (χ3v) is 4.29. The third kappa shape index (κ3) is 5.46. The molecule has 140 valence electrons. The van der Waals surface area contributed by atoms with E-state index in [0.29, 0.717) is 5.69 Å². The zero-order valence-corrected chi connectivity index (χ0v) is 16.1. The lowest BCUT2D eigenvalue weighted by Crippen LogP contribution is -2.31. The van der Waals surface area contributed by atoms with Gasteiger partial charge < -0.3 is 10.6 Å². The van der Waals surface area contributed by atoms with Crippen molar-refractivity contribution in [3.05, 3.63) is 65.2 Å². The molecule has 0 heterocycles. The Balaban J connectivity index is 2.01. The molecule has 2 aromatic rings. The summed E-state index contributed by atoms with van der Waals surface area (Å²) in [6.45, 7) is 8.40. The molecule has 0 spiro atoms. The van der Waals surface area contributed by atoms with E-state index in [-0.39, 0.29) is 16.6 Å². The van der Waals surface area contributed by atoms with Gasteiger partial charge in [0.05, 0.1) is 11.6 Å². The summed E-state index contributed by atoms with van der Waals surface area (Å²) < 4.78 is 38.3. The molecule has 0 aliphatic carbocycles. The first-order valence-electron chi connectivity index (χ1n) is 8.32. The van der Waals surface area contributed by atoms with Gasteiger partial charge in [0.15, 0.2) is 5.11 Å². The highest BCUT2D eigenvalue weighted by molar-refractivity contribution is 7.80. The summed E-state index contributed by atoms with van der Waals surface area (Å²) in [7, 11) is 0. The second-order valence-electron chi connectivity index (χ2n) is 7.27. The first kappa shape index (κ1) is 20.2. The molecule has 0 saturated heterocycles. The van der Waals surface area contributed by atoms with Crippen molar-refractivity contribution in [2.24, 2.45) is 0 Å². The molecular formula is C20H23F3N2S. The Bertz CT molecular complexity index is 762. The summed E-state index contributed by atoms with van der Waals surface area (Å²) in [6.07, 6.45) is -4.38. The first-order chi connectivity index (χ1) is 12.0. The number of alkyl halides is 3. The van der Waals surface area contributed by atoms with Crippen LogP contribution in [0.4, 0.5) is 18.9 Å². The average Bonchev–Trinajstić information content (AvgIpc) is 2.53. The van der Waals surface area contributed by atoms with Crippen molar-refractivity contribution in [2.75, 3.05) is 5.32 Å². The quantitative estimate of drug-likeness (QED) is 0.634. The van der Waals surface area contributed by atoms with Crippen molar-refractivity contribution < 1.29 is 13.2 Å². The number of anilines is 1. The minimum Gasteiger partial charge on any atom is -0.356 e. The van der Waals surface area contributed by atoms with Crippen LogP contribution in [0, 0.1) is 0 Å². The second kappa shape index (κ2) is 7.66. The number of nitrogens with one attached hydrogen (secondary N) is 2. The molecule has 2 nitrogen and oxygen atoms in total. The number of benzene rings is 2. The Hall–Kier alpha value is -2.08. The Kier molecular flexibility index (Phi) is 5.96. The summed E-state index contributed by atoms with van der Waals surface area (Å²) in [5, 5.41) is 6.19. The van der Waals surface area contributed by atoms with Crippen LogP contribution in [-0.4, -0.2) is 5.11 Å². The molecular weight excluding hydrogens is 357 g/mol. The fourth-order valence-corrected chi connectivity index (χ4v) is 2.79. The molecule has 6 heteroatoms. The maximum absolute atomic E-state index is 12.8. The Morgan fingerprint density at radius 2 is 1.58 bits per heavy atom. The van der Waals surface area contributed by atoms with Crippen LogP contribution in [-0.2, 0) is 11.6 Å². The molecule has 0 amide bonds. The highest BCUT2D eigenvalue weighted by Gasteiger charge is 2.30. The molecule has 1 unspecified atom stereocenters. The van der Waals surface area contributed by atoms with E-state index >= 15 is 0 Å². The summed E-state index contributed by atoms with van der Waals surface area (Å²) in [5.41, 5.74) is 1.95. The van der Waals surface area contributed by atoms with E-state index in [4.69, 9.17) is 12.2 Å². The zero-order chi connectivity index (χ0) is 19.5. The maximum Gasteiger partial charge on any atom is 0.416 e. The van der Waals surface area contributed by atoms with E-state index in [0.717, 1.165) is 17.7 Å². The van der Waals surface area contributed by atoms with Crippen molar-refractivity contribution in [3.8, 4) is 0 Å². The van der Waals surface area contributed by atoms with Crippen molar-refractivity contribution in [3.63, 3.8) is 0 Å². The van der Waals surface area contributed by atoms with Crippen LogP contribution in [0.15, 0.2) is 48.5 Å². The van der Waals surface area contributed by atoms with Crippen LogP contribution < -0.4 is 10.6 Å². The SMILES string of the molecule is CC(NC(=S)Nc1cccc(C(F)(F)F)c1)c1ccc(C(C)(C)C)cc1. The smallest absolute Gasteiger partial charge is 0.356 e. The van der Waals surface area contributed by atoms with E-state index in [2.05, 4.69) is 43.5 Å². The van der Waals surface area contributed by atoms with Crippen molar-refractivity contribution in [1.82, 2.24) is 5.32 Å². The number of hydrogen-bond acceptors (Lipinski definition) is 1. The molecule has 0 fully saturated rings. The van der Waals surface area contributed by atoms with Gasteiger partial charge in [0.1, 0.15) is 0 Å². The topological polar surface area (TPSA) is 24.1 Å². The Morgan fingerprint density at radius 3 is 2.12 bits per heavy atom. The van der Waals surface area contributed by atoms with Crippen molar-refractivity contribution in [1.29, 1.82) is 0 Å². The minimum absolute atomic E-state index is 0.0742. The van der Waals surface area contributed by atoms with Gasteiger partial charge in [0, 0.05) is 5.69 Å². The first-order valence-corrected chi connectivity index (χ1v) is 8.73. The van der Waals surface area contributed by atoms with Gasteiger partial charge in [-0.05, 0) is 53.9 Å². The predicted molar refractivity (Wildman–Crippen MR) is 104 cm³/mol. The van der Waals surface area contributed by atoms with Crippen LogP contribution >= 0.6 is 12.2 Å². The lowest BCUT2D eigenvalue weighted by Gasteiger charge is -2.21. The van der Waals surface area contributed by atoms with Crippen molar-refractivity contribution in [2.45, 2.75) is 45.3 Å². The van der Waals surface area contributed by atoms with Gasteiger partial charge in [-0.2, -0.15) is 13.2 Å². The summed E-state index contributed by atoms with van der Waals surface area (Å²) in [5.74, 6) is 0. The molecule has 0 bridgehead atoms. The normalized spacial score (nSPS) is 13.2. The van der Waals surface area contributed by atoms with Gasteiger partial charge in [-0.15, -0.1) is 0 Å². The number of thiocarbonyl (C=S) groups is 1. The summed E-state index contributed by atoms with van der Waals surface area (Å²) in [6, 6.07) is 13.1. The second-order valence-corrected chi connectivity index (χ2v) is 7.68. The van der Waals surface area contributed by atoms with Gasteiger partial charge in [-0.3, -0.25) is 0 Å². The number of rotatable bonds is 3. The lowest BCUT2D eigenvalue weighted by molar-refractivity contribution is -0.137. The standard InChI is InChI=1S/C20H23F3N2S/c1-13(14-8-10-15(11-9-14)19(2,3)4)24-18(26)25-17-7-5-6-16(12-17)20(21,22)23/h5-13H,1-4H3,(H2,24,25,26). The third-order valence-electron chi connectivity index (χ3n) is 4.07. The highest BCUT2D eigenvalue weighted by atomic mass is 32.1. The molecule has 2 N–H and O–H groups in total. The molecule has 0 aromatic heterocycles. The zero-order valence-electron chi connectivity index (χ0n) is 15.2. The maximum atomic E-state index is 12.8. The van der Waals surface area contributed by atoms with Crippen molar-refractivity contribution >= 4 is 23.0 Å². The van der Waals surface area contributed by atoms with Gasteiger partial charge in [0.2, 0.25) is 0 Å². The average molecular weight is 380 g/mol. The molecule has 0 saturated carbocycles. The molecule has 1 atom stereocenters. The van der Waals surface area contributed by atoms with E-state index < -0.39 is 11.7 Å². The Morgan fingerprint density at radius 1 is 0.962 bits per heavy atom. The van der Waals surface area contributed by atoms with Gasteiger partial charge >= 0.3 is 6.18 Å². The number of hydrogen-bond donors (Lipinski definition) is 2. The molecule has 2 rings (SSSR count). The minimum atomic E-state index is -4.38. The monoisotopic (exact) mass is 380 g/mol. The van der Waals surface area contributed by atoms with E-state index in [1.54, 1.807) is 6.07 Å². The van der Waals surface area contributed by atoms with E-state index in [1.807, 2.05) is 19.1 Å². The van der Waals surface area contributed by atoms with Crippen LogP contribution in [0.5, 0.6) is 0 Å². The molecule has 0 aliphatic heterocycles. The molecule has 0 aliphatic rings. The summed E-state index contributed by atoms with van der Waals surface area (Å²) >= 11 is 5.23. The fraction of sp³-hybridized carbons (Fsp3) is 0.350. The van der Waals surface area contributed by atoms with Gasteiger partial charge in [-0.25, -0.2) is 0 Å². The lowest BCUT2D eigenvalue weighted by atomic mass is 9.86. The summed E-state index contributed by atoms with van der Waals surface area (Å²) in [4.78, 5) is 0. The fourth-order valence-electron chi connectivity index (χ4n) is 2.49. The van der Waals surface area contributed by atoms with Gasteiger partial charge in [-0.1, -0.05) is 51.1 Å². The van der Waals surface area contributed by atoms with Crippen LogP contribution in [0.3, 0.4) is 0 Å². The number of halogens is 3. The molecule has 0 radical (unpaired) electrons. The predicted octanol–water partition coefficient (Wildman–Crippen LogP) is 6.05. The molecule has 26 heavy (non-hydrogen) atoms. The van der Waals surface area contributed by atoms with Crippen LogP contribution in [0.1, 0.15) is 50.4 Å². The van der Waals surface area contributed by atoms with Gasteiger partial charge in [0.25, 0.3) is 0 Å². The Labute approximate surface area is 157 Å². The van der Waals surface area contributed by atoms with Crippen LogP contribution in [0.2, 0.25) is 0 Å². The molecule has 2 aromatic carbocycles. The van der Waals surface area contributed by atoms with E-state index in [9.17, 15) is 13.2 Å².